The van der Waals surface area contributed by atoms with Crippen LogP contribution in [0.25, 0.3) is 42.0 Å². The van der Waals surface area contributed by atoms with Gasteiger partial charge in [-0.15, -0.1) is 11.3 Å². The van der Waals surface area contributed by atoms with Crippen molar-refractivity contribution in [2.75, 3.05) is 0 Å². The highest BCUT2D eigenvalue weighted by Crippen LogP contribution is 2.53. The van der Waals surface area contributed by atoms with Crippen LogP contribution in [0, 0.1) is 27.7 Å². The number of fused-ring (bicyclic) bond motifs is 7. The third-order valence-corrected chi connectivity index (χ3v) is 11.7. The lowest BCUT2D eigenvalue weighted by molar-refractivity contribution is 0.583. The molecule has 0 saturated carbocycles. The molecule has 0 unspecified atom stereocenters. The predicted octanol–water partition coefficient (Wildman–Crippen LogP) is 9.17. The Morgan fingerprint density at radius 1 is 0.579 bits per heavy atom. The van der Waals surface area contributed by atoms with E-state index in [1.165, 1.54) is 25.6 Å². The molecule has 2 nitrogen and oxygen atoms in total. The van der Waals surface area contributed by atoms with Crippen molar-refractivity contribution in [1.82, 2.24) is 4.34 Å². The van der Waals surface area contributed by atoms with E-state index >= 15 is 4.57 Å². The van der Waals surface area contributed by atoms with Crippen LogP contribution >= 0.6 is 18.6 Å². The van der Waals surface area contributed by atoms with Crippen molar-refractivity contribution in [2.45, 2.75) is 27.7 Å². The summed E-state index contributed by atoms with van der Waals surface area (Å²) in [5.41, 5.74) is 6.52. The van der Waals surface area contributed by atoms with Gasteiger partial charge in [0.25, 0.3) is 0 Å². The summed E-state index contributed by atoms with van der Waals surface area (Å²) in [6, 6.07) is 34.3. The molecular weight excluding hydrogens is 501 g/mol. The van der Waals surface area contributed by atoms with Crippen LogP contribution in [0.5, 0.6) is 0 Å². The van der Waals surface area contributed by atoms with Crippen LogP contribution in [-0.4, -0.2) is 4.34 Å². The van der Waals surface area contributed by atoms with Crippen LogP contribution in [0.15, 0.2) is 97.1 Å². The molecule has 0 aliphatic carbocycles. The number of thiophene rings is 1. The molecule has 0 aliphatic rings. The van der Waals surface area contributed by atoms with Crippen molar-refractivity contribution in [2.24, 2.45) is 0 Å². The number of hydrogen-bond acceptors (Lipinski definition) is 2. The zero-order valence-corrected chi connectivity index (χ0v) is 23.7. The SMILES string of the molecule is Cc1cc(C)cc(P(=O)(c2cc(C)cc(C)c2)n2c3ccccc3c3c4sc5ccccc5c4ccc32)c1. The van der Waals surface area contributed by atoms with Crippen molar-refractivity contribution < 1.29 is 4.57 Å². The first kappa shape index (κ1) is 23.5. The zero-order valence-electron chi connectivity index (χ0n) is 21.9. The molecule has 0 aliphatic heterocycles. The Morgan fingerprint density at radius 2 is 1.13 bits per heavy atom. The molecule has 5 aromatic carbocycles. The van der Waals surface area contributed by atoms with E-state index < -0.39 is 7.29 Å². The van der Waals surface area contributed by atoms with E-state index in [0.717, 1.165) is 49.3 Å². The van der Waals surface area contributed by atoms with Crippen LogP contribution in [0.3, 0.4) is 0 Å². The Morgan fingerprint density at radius 3 is 1.76 bits per heavy atom. The lowest BCUT2D eigenvalue weighted by Crippen LogP contribution is -2.23. The van der Waals surface area contributed by atoms with Gasteiger partial charge in [0, 0.05) is 41.6 Å². The van der Waals surface area contributed by atoms with E-state index in [0.29, 0.717) is 0 Å². The first-order valence-corrected chi connectivity index (χ1v) is 15.4. The van der Waals surface area contributed by atoms with Gasteiger partial charge in [0.05, 0.1) is 11.0 Å². The number of aromatic nitrogens is 1. The van der Waals surface area contributed by atoms with Crippen LogP contribution in [0.4, 0.5) is 0 Å². The molecule has 186 valence electrons. The molecule has 0 fully saturated rings. The number of nitrogens with zero attached hydrogens (tertiary/aromatic N) is 1. The number of aryl methyl sites for hydroxylation is 4. The molecule has 4 heteroatoms. The van der Waals surface area contributed by atoms with Gasteiger partial charge in [-0.05, 0) is 70.2 Å². The third kappa shape index (κ3) is 3.35. The average molecular weight is 530 g/mol. The van der Waals surface area contributed by atoms with Gasteiger partial charge in [-0.2, -0.15) is 0 Å². The molecule has 0 spiro atoms. The van der Waals surface area contributed by atoms with Crippen LogP contribution in [-0.2, 0) is 4.57 Å². The van der Waals surface area contributed by atoms with Crippen LogP contribution in [0.1, 0.15) is 22.3 Å². The number of rotatable bonds is 3. The smallest absolute Gasteiger partial charge is 0.234 e. The van der Waals surface area contributed by atoms with Gasteiger partial charge in [-0.25, -0.2) is 0 Å². The maximum absolute atomic E-state index is 16.0. The van der Waals surface area contributed by atoms with Crippen LogP contribution in [0.2, 0.25) is 0 Å². The molecule has 0 amide bonds. The molecule has 7 aromatic rings. The molecule has 7 rings (SSSR count). The fraction of sp³-hybridized carbons (Fsp3) is 0.118. The van der Waals surface area contributed by atoms with Gasteiger partial charge in [-0.3, -0.25) is 8.90 Å². The molecule has 2 heterocycles. The van der Waals surface area contributed by atoms with Crippen molar-refractivity contribution in [3.63, 3.8) is 0 Å². The van der Waals surface area contributed by atoms with Gasteiger partial charge >= 0.3 is 0 Å². The van der Waals surface area contributed by atoms with Gasteiger partial charge in [0.1, 0.15) is 0 Å². The largest absolute Gasteiger partial charge is 0.290 e. The third-order valence-electron chi connectivity index (χ3n) is 7.55. The van der Waals surface area contributed by atoms with E-state index in [1.807, 2.05) is 11.3 Å². The van der Waals surface area contributed by atoms with E-state index in [9.17, 15) is 0 Å². The number of hydrogen-bond donors (Lipinski definition) is 0. The highest BCUT2D eigenvalue weighted by molar-refractivity contribution is 7.77. The Labute approximate surface area is 226 Å². The fourth-order valence-electron chi connectivity index (χ4n) is 6.15. The maximum Gasteiger partial charge on any atom is 0.234 e. The van der Waals surface area contributed by atoms with E-state index in [4.69, 9.17) is 0 Å². The normalized spacial score (nSPS) is 12.3. The quantitative estimate of drug-likeness (QED) is 0.209. The summed E-state index contributed by atoms with van der Waals surface area (Å²) in [6.45, 7) is 8.37. The number of benzene rings is 5. The summed E-state index contributed by atoms with van der Waals surface area (Å²) in [4.78, 5) is 0. The van der Waals surface area contributed by atoms with E-state index in [1.54, 1.807) is 0 Å². The molecule has 0 atom stereocenters. The first-order valence-electron chi connectivity index (χ1n) is 13.0. The molecular formula is C34H28NOPS. The summed E-state index contributed by atoms with van der Waals surface area (Å²) in [7, 11) is -3.32. The molecule has 2 aromatic heterocycles. The van der Waals surface area contributed by atoms with Crippen molar-refractivity contribution in [3.05, 3.63) is 119 Å². The standard InChI is InChI=1S/C34H28NOPS/c1-21-15-22(2)18-25(17-21)37(36,26-19-23(3)16-24(4)20-26)35-30-11-7-5-10-29(30)33-31(35)14-13-28-27-9-6-8-12-32(27)38-34(28)33/h5-20H,1-4H3. The fourth-order valence-corrected chi connectivity index (χ4v) is 10.6. The van der Waals surface area contributed by atoms with Crippen molar-refractivity contribution in [1.29, 1.82) is 0 Å². The Balaban J connectivity index is 1.70. The van der Waals surface area contributed by atoms with Gasteiger partial charge in [0.2, 0.25) is 7.29 Å². The van der Waals surface area contributed by atoms with Crippen molar-refractivity contribution in [3.8, 4) is 0 Å². The molecule has 0 saturated heterocycles. The Kier molecular flexibility index (Phi) is 5.20. The second-order valence-corrected chi connectivity index (χ2v) is 14.2. The summed E-state index contributed by atoms with van der Waals surface area (Å²) < 4.78 is 20.7. The summed E-state index contributed by atoms with van der Waals surface area (Å²) in [5.74, 6) is 0. The molecule has 0 radical (unpaired) electrons. The Bertz CT molecular complexity index is 2020. The highest BCUT2D eigenvalue weighted by atomic mass is 32.1. The highest BCUT2D eigenvalue weighted by Gasteiger charge is 2.34. The zero-order chi connectivity index (χ0) is 26.2. The molecule has 38 heavy (non-hydrogen) atoms. The van der Waals surface area contributed by atoms with E-state index in [-0.39, 0.29) is 0 Å². The monoisotopic (exact) mass is 529 g/mol. The van der Waals surface area contributed by atoms with Gasteiger partial charge in [0.15, 0.2) is 0 Å². The minimum Gasteiger partial charge on any atom is -0.290 e. The summed E-state index contributed by atoms with van der Waals surface area (Å²) >= 11 is 1.83. The Hall–Kier alpha value is -3.65. The minimum atomic E-state index is -3.32. The minimum absolute atomic E-state index is 0.874. The summed E-state index contributed by atoms with van der Waals surface area (Å²) in [6.07, 6.45) is 0. The first-order chi connectivity index (χ1) is 18.3. The molecule has 0 N–H and O–H groups in total. The van der Waals surface area contributed by atoms with E-state index in [2.05, 4.69) is 129 Å². The second-order valence-electron chi connectivity index (χ2n) is 10.5. The predicted molar refractivity (Wildman–Crippen MR) is 166 cm³/mol. The number of para-hydroxylation sites is 1. The van der Waals surface area contributed by atoms with Crippen LogP contribution < -0.4 is 10.6 Å². The lowest BCUT2D eigenvalue weighted by atomic mass is 10.1. The summed E-state index contributed by atoms with van der Waals surface area (Å²) in [5, 5.41) is 6.62. The molecule has 0 bridgehead atoms. The average Bonchev–Trinajstić information content (AvgIpc) is 3.43. The second kappa shape index (κ2) is 8.43. The maximum atomic E-state index is 16.0. The lowest BCUT2D eigenvalue weighted by Gasteiger charge is -2.25. The topological polar surface area (TPSA) is 22.0 Å². The van der Waals surface area contributed by atoms with Gasteiger partial charge in [-0.1, -0.05) is 76.9 Å². The van der Waals surface area contributed by atoms with Crippen molar-refractivity contribution >= 4 is 71.2 Å². The van der Waals surface area contributed by atoms with Gasteiger partial charge < -0.3 is 0 Å².